The van der Waals surface area contributed by atoms with E-state index >= 15 is 0 Å². The maximum absolute atomic E-state index is 12.6. The van der Waals surface area contributed by atoms with E-state index in [-0.39, 0.29) is 24.2 Å². The van der Waals surface area contributed by atoms with Crippen LogP contribution in [0.25, 0.3) is 11.1 Å². The summed E-state index contributed by atoms with van der Waals surface area (Å²) in [5.74, 6) is -0.164. The molecule has 0 heterocycles. The standard InChI is InChI=1S/C24H28N2O4S/c1-4-21(15(2)27)25-23(28)22(14-31-3)26-24(29)30-13-20-18-11-7-5-9-16(18)17-10-6-8-12-19(17)20/h5-12,20-22H,4,13-14H2,1-3H3,(H,25,28)(H,26,29)/t21-,22-/m0/s1. The van der Waals surface area contributed by atoms with Gasteiger partial charge in [0.15, 0.2) is 5.78 Å². The number of carbonyl (C=O) groups excluding carboxylic acids is 3. The molecule has 0 spiro atoms. The fourth-order valence-corrected chi connectivity index (χ4v) is 4.46. The Morgan fingerprint density at radius 2 is 1.55 bits per heavy atom. The maximum Gasteiger partial charge on any atom is 0.407 e. The van der Waals surface area contributed by atoms with Crippen LogP contribution in [0.3, 0.4) is 0 Å². The Morgan fingerprint density at radius 3 is 2.06 bits per heavy atom. The molecule has 2 atom stereocenters. The normalized spacial score (nSPS) is 14.2. The molecule has 1 aliphatic rings. The lowest BCUT2D eigenvalue weighted by atomic mass is 9.98. The van der Waals surface area contributed by atoms with Crippen molar-refractivity contribution in [1.29, 1.82) is 0 Å². The second-order valence-corrected chi connectivity index (χ2v) is 8.47. The third-order valence-electron chi connectivity index (χ3n) is 5.50. The zero-order valence-electron chi connectivity index (χ0n) is 18.0. The minimum Gasteiger partial charge on any atom is -0.449 e. The first-order valence-electron chi connectivity index (χ1n) is 10.4. The first-order valence-corrected chi connectivity index (χ1v) is 11.8. The van der Waals surface area contributed by atoms with Crippen LogP contribution in [0.4, 0.5) is 4.79 Å². The van der Waals surface area contributed by atoms with Gasteiger partial charge in [-0.25, -0.2) is 4.79 Å². The average molecular weight is 441 g/mol. The highest BCUT2D eigenvalue weighted by Gasteiger charge is 2.30. The van der Waals surface area contributed by atoms with E-state index in [1.54, 1.807) is 0 Å². The van der Waals surface area contributed by atoms with Gasteiger partial charge < -0.3 is 15.4 Å². The van der Waals surface area contributed by atoms with E-state index < -0.39 is 18.2 Å². The fraction of sp³-hybridized carbons (Fsp3) is 0.375. The molecule has 0 fully saturated rings. The number of rotatable bonds is 9. The lowest BCUT2D eigenvalue weighted by Crippen LogP contribution is -2.52. The molecule has 0 aromatic heterocycles. The van der Waals surface area contributed by atoms with E-state index in [9.17, 15) is 14.4 Å². The van der Waals surface area contributed by atoms with Crippen LogP contribution in [0.15, 0.2) is 48.5 Å². The van der Waals surface area contributed by atoms with Gasteiger partial charge in [-0.05, 0) is 41.9 Å². The number of carbonyl (C=O) groups is 3. The highest BCUT2D eigenvalue weighted by Crippen LogP contribution is 2.44. The molecule has 0 bridgehead atoms. The molecule has 0 saturated carbocycles. The zero-order chi connectivity index (χ0) is 22.4. The summed E-state index contributed by atoms with van der Waals surface area (Å²) < 4.78 is 5.54. The van der Waals surface area contributed by atoms with Crippen molar-refractivity contribution in [2.75, 3.05) is 18.6 Å². The first-order chi connectivity index (χ1) is 15.0. The number of Topliss-reactive ketones (excluding diaryl/α,β-unsaturated/α-hetero) is 1. The van der Waals surface area contributed by atoms with Crippen LogP contribution in [0.1, 0.15) is 37.3 Å². The van der Waals surface area contributed by atoms with Gasteiger partial charge >= 0.3 is 6.09 Å². The SMILES string of the molecule is CC[C@H](NC(=O)[C@H](CSC)NC(=O)OCC1c2ccccc2-c2ccccc21)C(C)=O. The summed E-state index contributed by atoms with van der Waals surface area (Å²) in [5.41, 5.74) is 4.56. The number of ether oxygens (including phenoxy) is 1. The molecule has 2 aromatic rings. The Hall–Kier alpha value is -2.80. The van der Waals surface area contributed by atoms with Gasteiger partial charge in [0.25, 0.3) is 0 Å². The van der Waals surface area contributed by atoms with Crippen molar-refractivity contribution in [2.24, 2.45) is 0 Å². The van der Waals surface area contributed by atoms with Gasteiger partial charge in [-0.15, -0.1) is 0 Å². The number of hydrogen-bond acceptors (Lipinski definition) is 5. The van der Waals surface area contributed by atoms with Gasteiger partial charge in [0.05, 0.1) is 6.04 Å². The van der Waals surface area contributed by atoms with Gasteiger partial charge in [0.2, 0.25) is 5.91 Å². The van der Waals surface area contributed by atoms with Crippen molar-refractivity contribution in [3.63, 3.8) is 0 Å². The fourth-order valence-electron chi connectivity index (χ4n) is 3.90. The summed E-state index contributed by atoms with van der Waals surface area (Å²) in [4.78, 5) is 36.7. The van der Waals surface area contributed by atoms with Crippen LogP contribution < -0.4 is 10.6 Å². The Morgan fingerprint density at radius 1 is 0.968 bits per heavy atom. The van der Waals surface area contributed by atoms with Gasteiger partial charge in [-0.3, -0.25) is 9.59 Å². The van der Waals surface area contributed by atoms with Crippen LogP contribution in [-0.4, -0.2) is 48.5 Å². The summed E-state index contributed by atoms with van der Waals surface area (Å²) in [5, 5.41) is 5.36. The molecule has 2 N–H and O–H groups in total. The summed E-state index contributed by atoms with van der Waals surface area (Å²) in [7, 11) is 0. The molecule has 164 valence electrons. The number of amides is 2. The molecule has 2 amide bonds. The lowest BCUT2D eigenvalue weighted by Gasteiger charge is -2.21. The maximum atomic E-state index is 12.6. The summed E-state index contributed by atoms with van der Waals surface area (Å²) in [6, 6.07) is 14.9. The molecule has 2 aromatic carbocycles. The first kappa shape index (κ1) is 22.9. The molecule has 1 aliphatic carbocycles. The van der Waals surface area contributed by atoms with E-state index in [4.69, 9.17) is 4.74 Å². The van der Waals surface area contributed by atoms with Gasteiger partial charge in [-0.2, -0.15) is 11.8 Å². The van der Waals surface area contributed by atoms with Crippen LogP contribution in [-0.2, 0) is 14.3 Å². The molecule has 31 heavy (non-hydrogen) atoms. The van der Waals surface area contributed by atoms with E-state index in [2.05, 4.69) is 34.9 Å². The molecule has 3 rings (SSSR count). The third kappa shape index (κ3) is 5.28. The number of benzene rings is 2. The summed E-state index contributed by atoms with van der Waals surface area (Å²) in [6.07, 6.45) is 1.70. The summed E-state index contributed by atoms with van der Waals surface area (Å²) >= 11 is 1.43. The number of ketones is 1. The second-order valence-electron chi connectivity index (χ2n) is 7.56. The minimum atomic E-state index is -0.779. The van der Waals surface area contributed by atoms with Crippen LogP contribution in [0.2, 0.25) is 0 Å². The van der Waals surface area contributed by atoms with Gasteiger partial charge in [0.1, 0.15) is 12.6 Å². The van der Waals surface area contributed by atoms with Crippen LogP contribution in [0, 0.1) is 0 Å². The molecular weight excluding hydrogens is 412 g/mol. The monoisotopic (exact) mass is 440 g/mol. The predicted molar refractivity (Wildman–Crippen MR) is 123 cm³/mol. The van der Waals surface area contributed by atoms with Crippen LogP contribution in [0.5, 0.6) is 0 Å². The predicted octanol–water partition coefficient (Wildman–Crippen LogP) is 3.74. The Kier molecular flexibility index (Phi) is 7.74. The second kappa shape index (κ2) is 10.5. The molecule has 0 unspecified atom stereocenters. The van der Waals surface area contributed by atoms with Crippen molar-refractivity contribution in [3.05, 3.63) is 59.7 Å². The average Bonchev–Trinajstić information content (AvgIpc) is 3.09. The van der Waals surface area contributed by atoms with Gasteiger partial charge in [-0.1, -0.05) is 55.5 Å². The molecule has 0 radical (unpaired) electrons. The smallest absolute Gasteiger partial charge is 0.407 e. The van der Waals surface area contributed by atoms with E-state index in [0.29, 0.717) is 12.2 Å². The lowest BCUT2D eigenvalue weighted by molar-refractivity contribution is -0.127. The molecule has 7 heteroatoms. The Labute approximate surface area is 187 Å². The van der Waals surface area contributed by atoms with Crippen molar-refractivity contribution in [2.45, 2.75) is 38.3 Å². The quantitative estimate of drug-likeness (QED) is 0.621. The van der Waals surface area contributed by atoms with Gasteiger partial charge in [0, 0.05) is 11.7 Å². The molecular formula is C24H28N2O4S. The number of alkyl carbamates (subject to hydrolysis) is 1. The summed E-state index contributed by atoms with van der Waals surface area (Å²) in [6.45, 7) is 3.45. The Balaban J connectivity index is 1.64. The number of thioether (sulfide) groups is 1. The molecule has 0 aliphatic heterocycles. The van der Waals surface area contributed by atoms with Crippen molar-refractivity contribution in [1.82, 2.24) is 10.6 Å². The number of fused-ring (bicyclic) bond motifs is 3. The highest BCUT2D eigenvalue weighted by molar-refractivity contribution is 7.98. The third-order valence-corrected chi connectivity index (χ3v) is 6.17. The van der Waals surface area contributed by atoms with E-state index in [1.165, 1.54) is 18.7 Å². The zero-order valence-corrected chi connectivity index (χ0v) is 18.8. The van der Waals surface area contributed by atoms with Crippen LogP contribution >= 0.6 is 11.8 Å². The van der Waals surface area contributed by atoms with Crippen molar-refractivity contribution < 1.29 is 19.1 Å². The molecule has 0 saturated heterocycles. The van der Waals surface area contributed by atoms with E-state index in [1.807, 2.05) is 37.4 Å². The van der Waals surface area contributed by atoms with Crippen molar-refractivity contribution >= 4 is 29.5 Å². The topological polar surface area (TPSA) is 84.5 Å². The van der Waals surface area contributed by atoms with Crippen molar-refractivity contribution in [3.8, 4) is 11.1 Å². The largest absolute Gasteiger partial charge is 0.449 e. The minimum absolute atomic E-state index is 0.0480. The molecule has 6 nitrogen and oxygen atoms in total. The number of hydrogen-bond donors (Lipinski definition) is 2. The number of nitrogens with one attached hydrogen (secondary N) is 2. The Bertz CT molecular complexity index is 917. The highest BCUT2D eigenvalue weighted by atomic mass is 32.2. The van der Waals surface area contributed by atoms with E-state index in [0.717, 1.165) is 22.3 Å².